The molecule has 0 N–H and O–H groups in total. The van der Waals surface area contributed by atoms with Gasteiger partial charge in [-0.25, -0.2) is 0 Å². The molecule has 1 aliphatic heterocycles. The Balaban J connectivity index is 2.44. The highest BCUT2D eigenvalue weighted by Crippen LogP contribution is 2.33. The van der Waals surface area contributed by atoms with Gasteiger partial charge in [0.1, 0.15) is 20.0 Å². The van der Waals surface area contributed by atoms with Crippen molar-refractivity contribution in [1.29, 1.82) is 0 Å². The predicted molar refractivity (Wildman–Crippen MR) is 79.5 cm³/mol. The zero-order chi connectivity index (χ0) is 20.2. The van der Waals surface area contributed by atoms with Crippen molar-refractivity contribution < 1.29 is 40.3 Å². The second-order valence-electron chi connectivity index (χ2n) is 5.09. The molecule has 1 aromatic carbocycles. The first kappa shape index (κ1) is 17.5. The minimum Gasteiger partial charge on any atom is -0.435 e. The molecule has 0 aromatic heterocycles. The number of nitrogens with zero attached hydrogens (tertiary/aromatic N) is 2. The number of Topliss-reactive ketones (excluding diaryl/α,β-unsaturated/α-hetero) is 1. The molecule has 12 heteroatoms. The summed E-state index contributed by atoms with van der Waals surface area (Å²) in [4.78, 5) is 54.1. The van der Waals surface area contributed by atoms with Gasteiger partial charge in [0, 0.05) is 12.5 Å². The van der Waals surface area contributed by atoms with Crippen molar-refractivity contribution in [3.8, 4) is 0 Å². The third-order valence-corrected chi connectivity index (χ3v) is 3.35. The maximum atomic E-state index is 12.9. The molecule has 1 saturated heterocycles. The van der Waals surface area contributed by atoms with Crippen LogP contribution in [0.5, 0.6) is 0 Å². The van der Waals surface area contributed by atoms with Gasteiger partial charge in [-0.2, -0.15) is 0 Å². The molecule has 0 saturated carbocycles. The van der Waals surface area contributed by atoms with Crippen LogP contribution in [0.3, 0.4) is 0 Å². The van der Waals surface area contributed by atoms with E-state index in [1.165, 1.54) is 24.3 Å². The Morgan fingerprint density at radius 2 is 1.88 bits per heavy atom. The maximum absolute atomic E-state index is 12.9. The van der Waals surface area contributed by atoms with Crippen LogP contribution < -0.4 is 0 Å². The lowest BCUT2D eigenvalue weighted by molar-refractivity contribution is -0.776. The molecular formula is C14H14N2O10. The van der Waals surface area contributed by atoms with E-state index in [1.54, 1.807) is 6.07 Å². The highest BCUT2D eigenvalue weighted by molar-refractivity contribution is 5.98. The number of ketones is 1. The van der Waals surface area contributed by atoms with Crippen LogP contribution in [0.15, 0.2) is 30.3 Å². The predicted octanol–water partition coefficient (Wildman–Crippen LogP) is 0.559. The van der Waals surface area contributed by atoms with Crippen molar-refractivity contribution in [3.05, 3.63) is 56.1 Å². The van der Waals surface area contributed by atoms with Crippen LogP contribution in [0.2, 0.25) is 0 Å². The molecule has 26 heavy (non-hydrogen) atoms. The van der Waals surface area contributed by atoms with Crippen molar-refractivity contribution in [2.24, 2.45) is 5.92 Å². The number of rotatable bonds is 8. The van der Waals surface area contributed by atoms with Crippen molar-refractivity contribution in [3.63, 3.8) is 0 Å². The van der Waals surface area contributed by atoms with Crippen LogP contribution in [0.1, 0.15) is 18.7 Å². The highest BCUT2D eigenvalue weighted by atomic mass is 17.0. The summed E-state index contributed by atoms with van der Waals surface area (Å²) >= 11 is 0. The van der Waals surface area contributed by atoms with Gasteiger partial charge in [0.15, 0.2) is 11.9 Å². The summed E-state index contributed by atoms with van der Waals surface area (Å²) in [6, 6.07) is 7.39. The Morgan fingerprint density at radius 3 is 2.42 bits per heavy atom. The van der Waals surface area contributed by atoms with E-state index in [9.17, 15) is 29.8 Å². The lowest BCUT2D eigenvalue weighted by Crippen LogP contribution is -2.40. The molecule has 0 aliphatic carbocycles. The first-order valence-corrected chi connectivity index (χ1v) is 7.19. The smallest absolute Gasteiger partial charge is 0.304 e. The standard InChI is InChI=1S/C14H14N2O10/c1-8(17)24-14-11(12(18)9-5-3-2-4-6-9)13(26-16(21)22)10(25-14)7-23-15(19)20/h2-6,10-11,13-14H,7H2,1H3/t10-,11-,13-,14?/m1/s1/i14D. The average molecular weight is 371 g/mol. The molecule has 0 spiro atoms. The van der Waals surface area contributed by atoms with Crippen molar-refractivity contribution in [1.82, 2.24) is 0 Å². The summed E-state index contributed by atoms with van der Waals surface area (Å²) in [6.45, 7) is 0.0554. The molecular weight excluding hydrogens is 356 g/mol. The molecule has 1 fully saturated rings. The summed E-state index contributed by atoms with van der Waals surface area (Å²) in [5.74, 6) is -3.65. The van der Waals surface area contributed by atoms with Crippen LogP contribution in [0.25, 0.3) is 0 Å². The van der Waals surface area contributed by atoms with E-state index in [0.29, 0.717) is 0 Å². The zero-order valence-electron chi connectivity index (χ0n) is 14.3. The fourth-order valence-electron chi connectivity index (χ4n) is 2.40. The van der Waals surface area contributed by atoms with Gasteiger partial charge in [-0.1, -0.05) is 30.3 Å². The number of hydrogen-bond acceptors (Lipinski definition) is 10. The highest BCUT2D eigenvalue weighted by Gasteiger charge is 2.53. The largest absolute Gasteiger partial charge is 0.435 e. The molecule has 1 aromatic rings. The van der Waals surface area contributed by atoms with Crippen LogP contribution in [0, 0.1) is 26.1 Å². The first-order chi connectivity index (χ1) is 12.6. The SMILES string of the molecule is [2H]C1(OC(C)=O)O[C@H](CO[N+](=O)[O-])[C@@H](O[N+](=O)[O-])[C@H]1C(=O)c1ccccc1. The minimum atomic E-state index is -2.70. The second-order valence-corrected chi connectivity index (χ2v) is 5.09. The number of hydrogen-bond donors (Lipinski definition) is 0. The number of esters is 1. The van der Waals surface area contributed by atoms with Crippen molar-refractivity contribution in [2.45, 2.75) is 25.4 Å². The van der Waals surface area contributed by atoms with E-state index < -0.39 is 52.9 Å². The van der Waals surface area contributed by atoms with Crippen LogP contribution in [-0.2, 0) is 23.9 Å². The molecule has 1 aliphatic rings. The Morgan fingerprint density at radius 1 is 1.23 bits per heavy atom. The molecule has 4 atom stereocenters. The molecule has 140 valence electrons. The monoisotopic (exact) mass is 371 g/mol. The molecule has 1 unspecified atom stereocenters. The summed E-state index contributed by atoms with van der Waals surface area (Å²) in [6.07, 6.45) is -6.09. The van der Waals surface area contributed by atoms with E-state index in [0.717, 1.165) is 6.92 Å². The van der Waals surface area contributed by atoms with Gasteiger partial charge in [0.2, 0.25) is 6.27 Å². The van der Waals surface area contributed by atoms with Gasteiger partial charge in [-0.15, -0.1) is 20.2 Å². The summed E-state index contributed by atoms with van der Waals surface area (Å²) in [5.41, 5.74) is 0.0441. The Hall–Kier alpha value is -3.28. The lowest BCUT2D eigenvalue weighted by Gasteiger charge is -2.20. The molecule has 12 nitrogen and oxygen atoms in total. The third-order valence-electron chi connectivity index (χ3n) is 3.35. The summed E-state index contributed by atoms with van der Waals surface area (Å²) < 4.78 is 18.1. The normalized spacial score (nSPS) is 27.9. The number of carbonyl (C=O) groups is 2. The second kappa shape index (κ2) is 8.20. The van der Waals surface area contributed by atoms with E-state index in [4.69, 9.17) is 10.8 Å². The van der Waals surface area contributed by atoms with Crippen LogP contribution in [0.4, 0.5) is 0 Å². The Labute approximate surface area is 147 Å². The zero-order valence-corrected chi connectivity index (χ0v) is 13.3. The lowest BCUT2D eigenvalue weighted by atomic mass is 9.91. The van der Waals surface area contributed by atoms with Gasteiger partial charge in [-0.3, -0.25) is 9.59 Å². The fraction of sp³-hybridized carbons (Fsp3) is 0.429. The van der Waals surface area contributed by atoms with Crippen molar-refractivity contribution >= 4 is 11.8 Å². The quantitative estimate of drug-likeness (QED) is 0.273. The van der Waals surface area contributed by atoms with Gasteiger partial charge in [-0.05, 0) is 0 Å². The van der Waals surface area contributed by atoms with E-state index >= 15 is 0 Å². The number of ether oxygens (including phenoxy) is 2. The molecule has 2 rings (SSSR count). The van der Waals surface area contributed by atoms with Gasteiger partial charge >= 0.3 is 5.97 Å². The van der Waals surface area contributed by atoms with Gasteiger partial charge < -0.3 is 19.1 Å². The van der Waals surface area contributed by atoms with Gasteiger partial charge in [0.05, 0.1) is 0 Å². The van der Waals surface area contributed by atoms with E-state index in [1.807, 2.05) is 0 Å². The first-order valence-electron chi connectivity index (χ1n) is 7.69. The third kappa shape index (κ3) is 4.63. The summed E-state index contributed by atoms with van der Waals surface area (Å²) in [7, 11) is 0. The summed E-state index contributed by atoms with van der Waals surface area (Å²) in [5, 5.41) is 18.8. The molecule has 1 heterocycles. The number of carbonyl (C=O) groups excluding carboxylic acids is 2. The topological polar surface area (TPSA) is 157 Å². The maximum Gasteiger partial charge on any atom is 0.304 e. The van der Waals surface area contributed by atoms with Crippen LogP contribution in [-0.4, -0.2) is 47.0 Å². The minimum absolute atomic E-state index is 0.0441. The molecule has 0 radical (unpaired) electrons. The fourth-order valence-corrected chi connectivity index (χ4v) is 2.40. The molecule has 0 bridgehead atoms. The van der Waals surface area contributed by atoms with E-state index in [-0.39, 0.29) is 5.56 Å². The molecule has 0 amide bonds. The van der Waals surface area contributed by atoms with Gasteiger partial charge in [0.25, 0.3) is 10.2 Å². The van der Waals surface area contributed by atoms with Crippen LogP contribution >= 0.6 is 0 Å². The van der Waals surface area contributed by atoms with Crippen molar-refractivity contribution in [2.75, 3.05) is 6.61 Å². The average Bonchev–Trinajstić information content (AvgIpc) is 2.83. The van der Waals surface area contributed by atoms with E-state index in [2.05, 4.69) is 9.68 Å². The number of benzene rings is 1. The Kier molecular flexibility index (Phi) is 5.53. The Bertz CT molecular complexity index is 745.